The van der Waals surface area contributed by atoms with Crippen LogP contribution in [-0.4, -0.2) is 27.6 Å². The third-order valence-electron chi connectivity index (χ3n) is 5.41. The molecule has 2 aliphatic heterocycles. The Kier molecular flexibility index (Phi) is 2.75. The normalized spacial score (nSPS) is 23.1. The van der Waals surface area contributed by atoms with Gasteiger partial charge in [-0.3, -0.25) is 0 Å². The zero-order valence-corrected chi connectivity index (χ0v) is 13.3. The number of para-hydroxylation sites is 2. The van der Waals surface area contributed by atoms with E-state index in [1.165, 1.54) is 36.2 Å². The van der Waals surface area contributed by atoms with Gasteiger partial charge in [-0.25, -0.2) is 4.68 Å². The Morgan fingerprint density at radius 3 is 2.96 bits per heavy atom. The minimum absolute atomic E-state index is 0.279. The molecule has 4 heteroatoms. The number of hydrogen-bond acceptors (Lipinski definition) is 3. The summed E-state index contributed by atoms with van der Waals surface area (Å²) in [5, 5.41) is 8.87. The van der Waals surface area contributed by atoms with Gasteiger partial charge in [0.25, 0.3) is 0 Å². The molecule has 0 aliphatic carbocycles. The summed E-state index contributed by atoms with van der Waals surface area (Å²) >= 11 is 0. The van der Waals surface area contributed by atoms with Crippen molar-refractivity contribution in [2.75, 3.05) is 11.4 Å². The van der Waals surface area contributed by atoms with Crippen LogP contribution in [-0.2, 0) is 6.42 Å². The van der Waals surface area contributed by atoms with Crippen LogP contribution in [0.1, 0.15) is 36.9 Å². The second-order valence-electron chi connectivity index (χ2n) is 6.78. The maximum Gasteiger partial charge on any atom is 0.113 e. The lowest BCUT2D eigenvalue weighted by Gasteiger charge is -2.44. The molecule has 3 heterocycles. The highest BCUT2D eigenvalue weighted by Gasteiger charge is 2.35. The highest BCUT2D eigenvalue weighted by atomic mass is 15.4. The maximum atomic E-state index is 4.50. The van der Waals surface area contributed by atoms with Crippen LogP contribution in [0.4, 0.5) is 5.69 Å². The summed E-state index contributed by atoms with van der Waals surface area (Å²) in [5.41, 5.74) is 6.48. The topological polar surface area (TPSA) is 34.0 Å². The minimum atomic E-state index is 0.279. The van der Waals surface area contributed by atoms with Gasteiger partial charge in [-0.05, 0) is 43.9 Å². The van der Waals surface area contributed by atoms with E-state index in [9.17, 15) is 0 Å². The van der Waals surface area contributed by atoms with Crippen molar-refractivity contribution in [3.05, 3.63) is 53.6 Å². The van der Waals surface area contributed by atoms with E-state index in [-0.39, 0.29) is 6.04 Å². The zero-order valence-electron chi connectivity index (χ0n) is 13.3. The first-order valence-corrected chi connectivity index (χ1v) is 8.51. The predicted molar refractivity (Wildman–Crippen MR) is 91.9 cm³/mol. The Bertz CT molecular complexity index is 882. The highest BCUT2D eigenvalue weighted by Crippen LogP contribution is 2.43. The lowest BCUT2D eigenvalue weighted by atomic mass is 9.86. The average Bonchev–Trinajstić information content (AvgIpc) is 3.02. The molecular formula is C19H20N4. The van der Waals surface area contributed by atoms with Gasteiger partial charge < -0.3 is 4.90 Å². The first-order valence-electron chi connectivity index (χ1n) is 8.51. The van der Waals surface area contributed by atoms with Crippen LogP contribution in [0.15, 0.2) is 42.5 Å². The van der Waals surface area contributed by atoms with E-state index in [0.717, 1.165) is 17.5 Å². The van der Waals surface area contributed by atoms with Crippen LogP contribution in [0, 0.1) is 0 Å². The van der Waals surface area contributed by atoms with Crippen LogP contribution < -0.4 is 4.90 Å². The molecule has 0 saturated carbocycles. The molecule has 0 bridgehead atoms. The largest absolute Gasteiger partial charge is 0.368 e. The van der Waals surface area contributed by atoms with Gasteiger partial charge in [-0.2, -0.15) is 0 Å². The SMILES string of the molecule is C[C@H]1C[C@@H](n2nnc3ccccc32)c2cccc3c2N1CCC3. The van der Waals surface area contributed by atoms with Crippen molar-refractivity contribution in [1.82, 2.24) is 15.0 Å². The molecule has 5 rings (SSSR count). The van der Waals surface area contributed by atoms with Crippen molar-refractivity contribution in [2.24, 2.45) is 0 Å². The minimum Gasteiger partial charge on any atom is -0.368 e. The standard InChI is InChI=1S/C19H20N4/c1-13-12-18(23-17-10-3-2-9-16(17)20-21-23)15-8-4-6-14-7-5-11-22(13)19(14)15/h2-4,6,8-10,13,18H,5,7,11-12H2,1H3/t13-,18+/m0/s1. The van der Waals surface area contributed by atoms with E-state index in [0.29, 0.717) is 6.04 Å². The lowest BCUT2D eigenvalue weighted by molar-refractivity contribution is 0.410. The molecule has 0 saturated heterocycles. The van der Waals surface area contributed by atoms with Crippen molar-refractivity contribution >= 4 is 16.7 Å². The van der Waals surface area contributed by atoms with Gasteiger partial charge in [0.05, 0.1) is 11.6 Å². The van der Waals surface area contributed by atoms with Crippen LogP contribution in [0.25, 0.3) is 11.0 Å². The molecule has 2 aromatic carbocycles. The fraction of sp³-hybridized carbons (Fsp3) is 0.368. The van der Waals surface area contributed by atoms with Gasteiger partial charge >= 0.3 is 0 Å². The third kappa shape index (κ3) is 1.84. The number of aryl methyl sites for hydroxylation is 1. The summed E-state index contributed by atoms with van der Waals surface area (Å²) in [7, 11) is 0. The number of anilines is 1. The van der Waals surface area contributed by atoms with Crippen molar-refractivity contribution in [3.63, 3.8) is 0 Å². The lowest BCUT2D eigenvalue weighted by Crippen LogP contribution is -2.43. The molecule has 0 fully saturated rings. The molecule has 2 aliphatic rings. The molecule has 4 nitrogen and oxygen atoms in total. The van der Waals surface area contributed by atoms with Gasteiger partial charge in [0.2, 0.25) is 0 Å². The Labute approximate surface area is 135 Å². The van der Waals surface area contributed by atoms with E-state index in [2.05, 4.69) is 57.1 Å². The second kappa shape index (κ2) is 4.82. The molecule has 116 valence electrons. The molecule has 3 aromatic rings. The number of benzene rings is 2. The fourth-order valence-electron chi connectivity index (χ4n) is 4.35. The Morgan fingerprint density at radius 1 is 1.09 bits per heavy atom. The van der Waals surface area contributed by atoms with Crippen LogP contribution >= 0.6 is 0 Å². The van der Waals surface area contributed by atoms with Gasteiger partial charge in [0, 0.05) is 23.8 Å². The van der Waals surface area contributed by atoms with E-state index < -0.39 is 0 Å². The van der Waals surface area contributed by atoms with Crippen molar-refractivity contribution in [2.45, 2.75) is 38.3 Å². The highest BCUT2D eigenvalue weighted by molar-refractivity contribution is 5.75. The zero-order chi connectivity index (χ0) is 15.4. The summed E-state index contributed by atoms with van der Waals surface area (Å²) in [6.45, 7) is 3.52. The van der Waals surface area contributed by atoms with Crippen molar-refractivity contribution in [1.29, 1.82) is 0 Å². The molecular weight excluding hydrogens is 284 g/mol. The average molecular weight is 304 g/mol. The summed E-state index contributed by atoms with van der Waals surface area (Å²) in [5.74, 6) is 0. The number of rotatable bonds is 1. The summed E-state index contributed by atoms with van der Waals surface area (Å²) in [6, 6.07) is 15.9. The first kappa shape index (κ1) is 13.1. The van der Waals surface area contributed by atoms with Crippen molar-refractivity contribution < 1.29 is 0 Å². The Balaban J connectivity index is 1.73. The van der Waals surface area contributed by atoms with Crippen LogP contribution in [0.5, 0.6) is 0 Å². The van der Waals surface area contributed by atoms with Gasteiger partial charge in [-0.15, -0.1) is 5.10 Å². The van der Waals surface area contributed by atoms with Crippen LogP contribution in [0.2, 0.25) is 0 Å². The van der Waals surface area contributed by atoms with Gasteiger partial charge in [0.15, 0.2) is 0 Å². The fourth-order valence-corrected chi connectivity index (χ4v) is 4.35. The molecule has 23 heavy (non-hydrogen) atoms. The molecule has 0 unspecified atom stereocenters. The summed E-state index contributed by atoms with van der Waals surface area (Å²) in [4.78, 5) is 2.60. The summed E-state index contributed by atoms with van der Waals surface area (Å²) < 4.78 is 2.13. The molecule has 1 aromatic heterocycles. The predicted octanol–water partition coefficient (Wildman–Crippen LogP) is 3.57. The first-order chi connectivity index (χ1) is 11.3. The Hall–Kier alpha value is -2.36. The molecule has 0 N–H and O–H groups in total. The maximum absolute atomic E-state index is 4.50. The van der Waals surface area contributed by atoms with Crippen molar-refractivity contribution in [3.8, 4) is 0 Å². The molecule has 0 radical (unpaired) electrons. The van der Waals surface area contributed by atoms with E-state index in [1.54, 1.807) is 0 Å². The third-order valence-corrected chi connectivity index (χ3v) is 5.41. The van der Waals surface area contributed by atoms with E-state index in [1.807, 2.05) is 12.1 Å². The monoisotopic (exact) mass is 304 g/mol. The van der Waals surface area contributed by atoms with Gasteiger partial charge in [0.1, 0.15) is 5.52 Å². The number of fused-ring (bicyclic) bond motifs is 1. The molecule has 0 spiro atoms. The van der Waals surface area contributed by atoms with Crippen LogP contribution in [0.3, 0.4) is 0 Å². The summed E-state index contributed by atoms with van der Waals surface area (Å²) in [6.07, 6.45) is 3.54. The van der Waals surface area contributed by atoms with E-state index >= 15 is 0 Å². The van der Waals surface area contributed by atoms with Gasteiger partial charge in [-0.1, -0.05) is 35.5 Å². The second-order valence-corrected chi connectivity index (χ2v) is 6.78. The Morgan fingerprint density at radius 2 is 2.00 bits per heavy atom. The number of nitrogens with zero attached hydrogens (tertiary/aromatic N) is 4. The number of hydrogen-bond donors (Lipinski definition) is 0. The quantitative estimate of drug-likeness (QED) is 0.689. The molecule has 0 amide bonds. The smallest absolute Gasteiger partial charge is 0.113 e. The number of aromatic nitrogens is 3. The molecule has 2 atom stereocenters. The van der Waals surface area contributed by atoms with E-state index in [4.69, 9.17) is 0 Å².